The van der Waals surface area contributed by atoms with Gasteiger partial charge in [0.15, 0.2) is 5.96 Å². The van der Waals surface area contributed by atoms with Gasteiger partial charge < -0.3 is 20.5 Å². The molecule has 0 saturated carbocycles. The van der Waals surface area contributed by atoms with Crippen molar-refractivity contribution in [3.05, 3.63) is 34.3 Å². The molecule has 1 aromatic carbocycles. The first-order chi connectivity index (χ1) is 13.0. The number of hydrogen-bond acceptors (Lipinski definition) is 4. The highest BCUT2D eigenvalue weighted by molar-refractivity contribution is 9.10. The van der Waals surface area contributed by atoms with Gasteiger partial charge in [0.2, 0.25) is 0 Å². The van der Waals surface area contributed by atoms with Crippen molar-refractivity contribution in [1.29, 1.82) is 0 Å². The van der Waals surface area contributed by atoms with Crippen LogP contribution in [0.15, 0.2) is 33.7 Å². The summed E-state index contributed by atoms with van der Waals surface area (Å²) in [6.45, 7) is 9.72. The van der Waals surface area contributed by atoms with Crippen molar-refractivity contribution in [2.24, 2.45) is 4.99 Å². The van der Waals surface area contributed by atoms with Crippen molar-refractivity contribution in [2.45, 2.75) is 32.3 Å². The van der Waals surface area contributed by atoms with Gasteiger partial charge in [-0.1, -0.05) is 28.1 Å². The van der Waals surface area contributed by atoms with Crippen molar-refractivity contribution in [3.63, 3.8) is 0 Å². The highest BCUT2D eigenvalue weighted by Gasteiger charge is 2.25. The summed E-state index contributed by atoms with van der Waals surface area (Å²) in [7, 11) is 0. The third kappa shape index (κ3) is 9.06. The summed E-state index contributed by atoms with van der Waals surface area (Å²) in [5, 5.41) is 17.3. The van der Waals surface area contributed by atoms with Crippen LogP contribution in [-0.4, -0.2) is 74.0 Å². The van der Waals surface area contributed by atoms with Crippen LogP contribution >= 0.6 is 15.9 Å². The summed E-state index contributed by atoms with van der Waals surface area (Å²) in [6.07, 6.45) is 2.03. The molecule has 152 valence electrons. The fourth-order valence-electron chi connectivity index (χ4n) is 3.07. The monoisotopic (exact) mass is 440 g/mol. The van der Waals surface area contributed by atoms with Crippen LogP contribution in [0, 0.1) is 0 Å². The maximum Gasteiger partial charge on any atom is 0.191 e. The van der Waals surface area contributed by atoms with Gasteiger partial charge in [-0.3, -0.25) is 9.89 Å². The molecule has 27 heavy (non-hydrogen) atoms. The standard InChI is InChI=1S/C20H33BrN4O2/c1-3-22-19(23-9-5-7-17-6-4-8-18(21)14-17)24-15-20(2,26)16-25-10-12-27-13-11-25/h4,6,8,14,26H,3,5,7,9-13,15-16H2,1-2H3,(H2,22,23,24). The lowest BCUT2D eigenvalue weighted by atomic mass is 10.1. The van der Waals surface area contributed by atoms with Crippen LogP contribution in [0.25, 0.3) is 0 Å². The van der Waals surface area contributed by atoms with Gasteiger partial charge in [0.05, 0.1) is 25.4 Å². The van der Waals surface area contributed by atoms with Crippen LogP contribution in [0.3, 0.4) is 0 Å². The lowest BCUT2D eigenvalue weighted by Crippen LogP contribution is -2.48. The zero-order valence-corrected chi connectivity index (χ0v) is 18.1. The minimum Gasteiger partial charge on any atom is -0.387 e. The van der Waals surface area contributed by atoms with Gasteiger partial charge in [0.1, 0.15) is 0 Å². The maximum absolute atomic E-state index is 10.7. The molecule has 1 saturated heterocycles. The highest BCUT2D eigenvalue weighted by Crippen LogP contribution is 2.13. The second kappa shape index (κ2) is 11.6. The Morgan fingerprint density at radius 2 is 2.11 bits per heavy atom. The van der Waals surface area contributed by atoms with Gasteiger partial charge in [-0.05, 0) is 44.4 Å². The van der Waals surface area contributed by atoms with Crippen LogP contribution in [-0.2, 0) is 11.2 Å². The Labute approximate surface area is 171 Å². The topological polar surface area (TPSA) is 69.1 Å². The Bertz CT molecular complexity index is 589. The third-order valence-electron chi connectivity index (χ3n) is 4.41. The van der Waals surface area contributed by atoms with E-state index >= 15 is 0 Å². The summed E-state index contributed by atoms with van der Waals surface area (Å²) >= 11 is 3.51. The minimum absolute atomic E-state index is 0.366. The van der Waals surface area contributed by atoms with E-state index in [2.05, 4.69) is 54.7 Å². The van der Waals surface area contributed by atoms with Gasteiger partial charge in [-0.2, -0.15) is 0 Å². The van der Waals surface area contributed by atoms with Crippen LogP contribution in [0.4, 0.5) is 0 Å². The van der Waals surface area contributed by atoms with Crippen LogP contribution in [0.2, 0.25) is 0 Å². The molecule has 1 aliphatic rings. The summed E-state index contributed by atoms with van der Waals surface area (Å²) in [5.74, 6) is 0.758. The number of ether oxygens (including phenoxy) is 1. The molecular weight excluding hydrogens is 408 g/mol. The number of aliphatic hydroxyl groups is 1. The number of rotatable bonds is 9. The van der Waals surface area contributed by atoms with Gasteiger partial charge in [-0.25, -0.2) is 0 Å². The number of nitrogens with zero attached hydrogens (tertiary/aromatic N) is 2. The molecule has 0 aromatic heterocycles. The molecule has 3 N–H and O–H groups in total. The Kier molecular flexibility index (Phi) is 9.54. The molecule has 1 aliphatic heterocycles. The number of morpholine rings is 1. The summed E-state index contributed by atoms with van der Waals surface area (Å²) in [6, 6.07) is 8.41. The second-order valence-corrected chi connectivity index (χ2v) is 8.16. The van der Waals surface area contributed by atoms with Gasteiger partial charge in [0.25, 0.3) is 0 Å². The molecule has 1 unspecified atom stereocenters. The Morgan fingerprint density at radius 1 is 1.33 bits per heavy atom. The van der Waals surface area contributed by atoms with Crippen molar-refractivity contribution < 1.29 is 9.84 Å². The molecule has 0 aliphatic carbocycles. The maximum atomic E-state index is 10.7. The normalized spacial score (nSPS) is 18.1. The lowest BCUT2D eigenvalue weighted by Gasteiger charge is -2.33. The first kappa shape index (κ1) is 22.1. The van der Waals surface area contributed by atoms with E-state index < -0.39 is 5.60 Å². The summed E-state index contributed by atoms with van der Waals surface area (Å²) < 4.78 is 6.48. The zero-order valence-electron chi connectivity index (χ0n) is 16.5. The number of guanidine groups is 1. The van der Waals surface area contributed by atoms with E-state index in [1.807, 2.05) is 19.9 Å². The van der Waals surface area contributed by atoms with Gasteiger partial charge in [-0.15, -0.1) is 0 Å². The Hall–Kier alpha value is -1.15. The molecule has 1 atom stereocenters. The number of aryl methyl sites for hydroxylation is 1. The quantitative estimate of drug-likeness (QED) is 0.311. The summed E-state index contributed by atoms with van der Waals surface area (Å²) in [5.41, 5.74) is 0.470. The molecule has 6 nitrogen and oxygen atoms in total. The Balaban J connectivity index is 1.76. The fraction of sp³-hybridized carbons (Fsp3) is 0.650. The largest absolute Gasteiger partial charge is 0.387 e. The van der Waals surface area contributed by atoms with Crippen molar-refractivity contribution in [3.8, 4) is 0 Å². The number of nitrogens with one attached hydrogen (secondary N) is 2. The average molecular weight is 441 g/mol. The SMILES string of the molecule is CCNC(=NCC(C)(O)CN1CCOCC1)NCCCc1cccc(Br)c1. The highest BCUT2D eigenvalue weighted by atomic mass is 79.9. The molecular formula is C20H33BrN4O2. The van der Waals surface area contributed by atoms with Gasteiger partial charge >= 0.3 is 0 Å². The predicted molar refractivity (Wildman–Crippen MR) is 114 cm³/mol. The predicted octanol–water partition coefficient (Wildman–Crippen LogP) is 2.02. The first-order valence-corrected chi connectivity index (χ1v) is 10.6. The molecule has 1 aromatic rings. The van der Waals surface area contributed by atoms with E-state index in [1.165, 1.54) is 5.56 Å². The number of β-amino-alcohol motifs (C(OH)–C–C–N with tert-alkyl or cyclic N) is 1. The minimum atomic E-state index is -0.851. The fourth-order valence-corrected chi connectivity index (χ4v) is 3.52. The average Bonchev–Trinajstić information content (AvgIpc) is 2.64. The van der Waals surface area contributed by atoms with Crippen molar-refractivity contribution >= 4 is 21.9 Å². The van der Waals surface area contributed by atoms with Crippen LogP contribution in [0.5, 0.6) is 0 Å². The Morgan fingerprint density at radius 3 is 2.81 bits per heavy atom. The van der Waals surface area contributed by atoms with E-state index in [0.29, 0.717) is 13.1 Å². The first-order valence-electron chi connectivity index (χ1n) is 9.77. The van der Waals surface area contributed by atoms with Crippen molar-refractivity contribution in [2.75, 3.05) is 52.5 Å². The number of aliphatic imine (C=N–C) groups is 1. The molecule has 0 spiro atoms. The van der Waals surface area contributed by atoms with Crippen LogP contribution < -0.4 is 10.6 Å². The van der Waals surface area contributed by atoms with E-state index in [0.717, 1.165) is 62.7 Å². The molecule has 1 heterocycles. The van der Waals surface area contributed by atoms with E-state index in [-0.39, 0.29) is 0 Å². The number of halogens is 1. The number of hydrogen-bond donors (Lipinski definition) is 3. The molecule has 0 radical (unpaired) electrons. The summed E-state index contributed by atoms with van der Waals surface area (Å²) in [4.78, 5) is 6.82. The molecule has 7 heteroatoms. The molecule has 0 bridgehead atoms. The molecule has 2 rings (SSSR count). The van der Waals surface area contributed by atoms with E-state index in [4.69, 9.17) is 4.74 Å². The van der Waals surface area contributed by atoms with E-state index in [9.17, 15) is 5.11 Å². The second-order valence-electron chi connectivity index (χ2n) is 7.24. The number of benzene rings is 1. The van der Waals surface area contributed by atoms with Gasteiger partial charge in [0, 0.05) is 37.2 Å². The smallest absolute Gasteiger partial charge is 0.191 e. The molecule has 0 amide bonds. The van der Waals surface area contributed by atoms with Crippen molar-refractivity contribution in [1.82, 2.24) is 15.5 Å². The zero-order chi connectivity index (χ0) is 19.5. The van der Waals surface area contributed by atoms with Crippen LogP contribution in [0.1, 0.15) is 25.8 Å². The lowest BCUT2D eigenvalue weighted by molar-refractivity contribution is -0.0179. The molecule has 1 fully saturated rings. The van der Waals surface area contributed by atoms with E-state index in [1.54, 1.807) is 0 Å². The third-order valence-corrected chi connectivity index (χ3v) is 4.91.